The summed E-state index contributed by atoms with van der Waals surface area (Å²) in [6, 6.07) is 21.2. The summed E-state index contributed by atoms with van der Waals surface area (Å²) in [5.41, 5.74) is 16.3. The lowest BCUT2D eigenvalue weighted by Gasteiger charge is -2.17. The Morgan fingerprint density at radius 2 is 1.72 bits per heavy atom. The molecule has 1 aromatic heterocycles. The molecule has 6 heteroatoms. The highest BCUT2D eigenvalue weighted by molar-refractivity contribution is 6.01. The van der Waals surface area contributed by atoms with Gasteiger partial charge in [-0.05, 0) is 41.5 Å². The minimum Gasteiger partial charge on any atom is -0.398 e. The lowest BCUT2D eigenvalue weighted by atomic mass is 9.95. The first-order valence-corrected chi connectivity index (χ1v) is 9.36. The highest BCUT2D eigenvalue weighted by atomic mass is 16.1. The van der Waals surface area contributed by atoms with E-state index in [-0.39, 0.29) is 0 Å². The standard InChI is InChI=1S/C23H23N5O/c1-27(2)23-18-8-4-6-10-21(18)26-28(23)14-15-11-12-17(22(25)29)19(13-15)16-7-3-5-9-20(16)24/h3-13H,14,24H2,1-2H3,(H2,25,29). The van der Waals surface area contributed by atoms with Crippen LogP contribution in [0.5, 0.6) is 0 Å². The fourth-order valence-electron chi connectivity index (χ4n) is 3.69. The number of aromatic nitrogens is 2. The fraction of sp³-hybridized carbons (Fsp3) is 0.130. The number of hydrogen-bond donors (Lipinski definition) is 2. The molecule has 29 heavy (non-hydrogen) atoms. The Bertz CT molecular complexity index is 1210. The Labute approximate surface area is 169 Å². The van der Waals surface area contributed by atoms with Crippen LogP contribution in [0.2, 0.25) is 0 Å². The van der Waals surface area contributed by atoms with Gasteiger partial charge >= 0.3 is 0 Å². The number of fused-ring (bicyclic) bond motifs is 1. The molecule has 0 unspecified atom stereocenters. The minimum absolute atomic E-state index is 0.449. The molecular formula is C23H23N5O. The second kappa shape index (κ2) is 7.31. The van der Waals surface area contributed by atoms with Gasteiger partial charge in [-0.2, -0.15) is 5.10 Å². The molecular weight excluding hydrogens is 362 g/mol. The number of carbonyl (C=O) groups excluding carboxylic acids is 1. The Hall–Kier alpha value is -3.80. The van der Waals surface area contributed by atoms with Crippen molar-refractivity contribution in [2.45, 2.75) is 6.54 Å². The molecule has 0 saturated carbocycles. The predicted octanol–water partition coefficient (Wildman–Crippen LogP) is 3.50. The summed E-state index contributed by atoms with van der Waals surface area (Å²) in [5.74, 6) is 0.550. The highest BCUT2D eigenvalue weighted by Crippen LogP contribution is 2.31. The van der Waals surface area contributed by atoms with Gasteiger partial charge in [0.1, 0.15) is 5.82 Å². The van der Waals surface area contributed by atoms with Gasteiger partial charge in [-0.1, -0.05) is 36.4 Å². The number of nitrogens with zero attached hydrogens (tertiary/aromatic N) is 3. The van der Waals surface area contributed by atoms with Gasteiger partial charge in [-0.15, -0.1) is 0 Å². The summed E-state index contributed by atoms with van der Waals surface area (Å²) in [5, 5.41) is 5.86. The third-order valence-electron chi connectivity index (χ3n) is 4.97. The second-order valence-electron chi connectivity index (χ2n) is 7.22. The maximum atomic E-state index is 12.0. The monoisotopic (exact) mass is 385 g/mol. The molecule has 4 N–H and O–H groups in total. The number of hydrogen-bond acceptors (Lipinski definition) is 4. The number of primary amides is 1. The molecule has 0 aliphatic carbocycles. The Kier molecular flexibility index (Phi) is 4.68. The smallest absolute Gasteiger partial charge is 0.249 e. The zero-order chi connectivity index (χ0) is 20.5. The molecule has 6 nitrogen and oxygen atoms in total. The predicted molar refractivity (Wildman–Crippen MR) is 118 cm³/mol. The topological polar surface area (TPSA) is 90.2 Å². The number of carbonyl (C=O) groups is 1. The van der Waals surface area contributed by atoms with Gasteiger partial charge in [0.2, 0.25) is 5.91 Å². The number of nitrogens with two attached hydrogens (primary N) is 2. The van der Waals surface area contributed by atoms with Crippen LogP contribution in [0, 0.1) is 0 Å². The zero-order valence-corrected chi connectivity index (χ0v) is 16.5. The van der Waals surface area contributed by atoms with E-state index in [4.69, 9.17) is 16.6 Å². The maximum Gasteiger partial charge on any atom is 0.249 e. The van der Waals surface area contributed by atoms with E-state index in [1.54, 1.807) is 6.07 Å². The summed E-state index contributed by atoms with van der Waals surface area (Å²) in [7, 11) is 4.01. The number of para-hydroxylation sites is 1. The van der Waals surface area contributed by atoms with Crippen molar-refractivity contribution in [3.8, 4) is 11.1 Å². The van der Waals surface area contributed by atoms with Gasteiger partial charge in [0.25, 0.3) is 0 Å². The average Bonchev–Trinajstić information content (AvgIpc) is 3.06. The van der Waals surface area contributed by atoms with Gasteiger partial charge < -0.3 is 16.4 Å². The highest BCUT2D eigenvalue weighted by Gasteiger charge is 2.16. The summed E-state index contributed by atoms with van der Waals surface area (Å²) in [4.78, 5) is 14.1. The van der Waals surface area contributed by atoms with Crippen LogP contribution in [-0.4, -0.2) is 29.8 Å². The molecule has 1 amide bonds. The van der Waals surface area contributed by atoms with Crippen molar-refractivity contribution in [2.75, 3.05) is 24.7 Å². The van der Waals surface area contributed by atoms with E-state index in [9.17, 15) is 4.79 Å². The van der Waals surface area contributed by atoms with Crippen molar-refractivity contribution in [3.05, 3.63) is 77.9 Å². The first-order valence-electron chi connectivity index (χ1n) is 9.36. The van der Waals surface area contributed by atoms with E-state index in [1.165, 1.54) is 0 Å². The SMILES string of the molecule is CN(C)c1c2ccccc2nn1Cc1ccc(C(N)=O)c(-c2ccccc2N)c1. The Morgan fingerprint density at radius 1 is 1.00 bits per heavy atom. The molecule has 0 saturated heterocycles. The van der Waals surface area contributed by atoms with Gasteiger partial charge in [-0.25, -0.2) is 4.68 Å². The van der Waals surface area contributed by atoms with Crippen molar-refractivity contribution < 1.29 is 4.79 Å². The van der Waals surface area contributed by atoms with E-state index in [0.29, 0.717) is 17.8 Å². The number of rotatable bonds is 5. The third-order valence-corrected chi connectivity index (χ3v) is 4.97. The Balaban J connectivity index is 1.83. The van der Waals surface area contributed by atoms with Crippen LogP contribution in [0.1, 0.15) is 15.9 Å². The van der Waals surface area contributed by atoms with Gasteiger partial charge in [0, 0.05) is 36.3 Å². The summed E-state index contributed by atoms with van der Waals surface area (Å²) < 4.78 is 1.97. The molecule has 0 spiro atoms. The van der Waals surface area contributed by atoms with Crippen LogP contribution < -0.4 is 16.4 Å². The molecule has 4 rings (SSSR count). The van der Waals surface area contributed by atoms with Crippen LogP contribution in [0.4, 0.5) is 11.5 Å². The quantitative estimate of drug-likeness (QED) is 0.515. The molecule has 146 valence electrons. The van der Waals surface area contributed by atoms with Crippen molar-refractivity contribution in [3.63, 3.8) is 0 Å². The van der Waals surface area contributed by atoms with E-state index < -0.39 is 5.91 Å². The fourth-order valence-corrected chi connectivity index (χ4v) is 3.69. The zero-order valence-electron chi connectivity index (χ0n) is 16.5. The van der Waals surface area contributed by atoms with E-state index in [0.717, 1.165) is 33.4 Å². The first-order chi connectivity index (χ1) is 14.0. The normalized spacial score (nSPS) is 11.0. The second-order valence-corrected chi connectivity index (χ2v) is 7.22. The third kappa shape index (κ3) is 3.40. The number of nitrogen functional groups attached to an aromatic ring is 1. The number of amides is 1. The van der Waals surface area contributed by atoms with Crippen LogP contribution >= 0.6 is 0 Å². The van der Waals surface area contributed by atoms with Crippen LogP contribution in [-0.2, 0) is 6.54 Å². The van der Waals surface area contributed by atoms with Crippen LogP contribution in [0.15, 0.2) is 66.7 Å². The van der Waals surface area contributed by atoms with Gasteiger partial charge in [-0.3, -0.25) is 4.79 Å². The molecule has 0 radical (unpaired) electrons. The van der Waals surface area contributed by atoms with Crippen molar-refractivity contribution in [2.24, 2.45) is 5.73 Å². The minimum atomic E-state index is -0.478. The molecule has 0 bridgehead atoms. The number of anilines is 2. The lowest BCUT2D eigenvalue weighted by molar-refractivity contribution is 0.100. The van der Waals surface area contributed by atoms with Crippen molar-refractivity contribution >= 4 is 28.3 Å². The molecule has 1 heterocycles. The lowest BCUT2D eigenvalue weighted by Crippen LogP contribution is -2.16. The van der Waals surface area contributed by atoms with Gasteiger partial charge in [0.05, 0.1) is 12.1 Å². The molecule has 0 aliphatic heterocycles. The summed E-state index contributed by atoms with van der Waals surface area (Å²) in [6.45, 7) is 0.557. The summed E-state index contributed by atoms with van der Waals surface area (Å²) >= 11 is 0. The maximum absolute atomic E-state index is 12.0. The largest absolute Gasteiger partial charge is 0.398 e. The average molecular weight is 385 g/mol. The molecule has 4 aromatic rings. The van der Waals surface area contributed by atoms with Crippen LogP contribution in [0.3, 0.4) is 0 Å². The van der Waals surface area contributed by atoms with Crippen LogP contribution in [0.25, 0.3) is 22.0 Å². The Morgan fingerprint density at radius 3 is 2.45 bits per heavy atom. The molecule has 0 atom stereocenters. The first kappa shape index (κ1) is 18.6. The molecule has 3 aromatic carbocycles. The van der Waals surface area contributed by atoms with Gasteiger partial charge in [0.15, 0.2) is 0 Å². The molecule has 0 aliphatic rings. The van der Waals surface area contributed by atoms with E-state index in [1.807, 2.05) is 73.4 Å². The van der Waals surface area contributed by atoms with E-state index in [2.05, 4.69) is 11.0 Å². The molecule has 0 fully saturated rings. The summed E-state index contributed by atoms with van der Waals surface area (Å²) in [6.07, 6.45) is 0. The van der Waals surface area contributed by atoms with E-state index >= 15 is 0 Å². The number of benzene rings is 3. The van der Waals surface area contributed by atoms with Crippen molar-refractivity contribution in [1.82, 2.24) is 9.78 Å². The van der Waals surface area contributed by atoms with Crippen molar-refractivity contribution in [1.29, 1.82) is 0 Å².